The molecule has 146 valence electrons. The van der Waals surface area contributed by atoms with Crippen LogP contribution in [0, 0.1) is 0 Å². The van der Waals surface area contributed by atoms with Crippen LogP contribution in [0.25, 0.3) is 26.3 Å². The Morgan fingerprint density at radius 2 is 1.54 bits per heavy atom. The van der Waals surface area contributed by atoms with E-state index in [0.717, 1.165) is 31.9 Å². The van der Waals surface area contributed by atoms with Crippen LogP contribution in [0.5, 0.6) is 17.2 Å². The van der Waals surface area contributed by atoms with Crippen LogP contribution < -0.4 is 14.2 Å². The number of fused-ring (bicyclic) bond motifs is 3. The summed E-state index contributed by atoms with van der Waals surface area (Å²) in [5.41, 5.74) is 4.04. The van der Waals surface area contributed by atoms with Gasteiger partial charge in [0.2, 0.25) is 5.75 Å². The van der Waals surface area contributed by atoms with E-state index < -0.39 is 0 Å². The van der Waals surface area contributed by atoms with Crippen LogP contribution in [0.3, 0.4) is 0 Å². The first-order chi connectivity index (χ1) is 13.7. The van der Waals surface area contributed by atoms with Gasteiger partial charge in [-0.1, -0.05) is 12.1 Å². The molecule has 0 aliphatic carbocycles. The predicted octanol–water partition coefficient (Wildman–Crippen LogP) is 3.83. The van der Waals surface area contributed by atoms with Gasteiger partial charge in [-0.3, -0.25) is 4.40 Å². The van der Waals surface area contributed by atoms with Crippen molar-refractivity contribution >= 4 is 26.4 Å². The number of aromatic nitrogens is 1. The van der Waals surface area contributed by atoms with E-state index in [9.17, 15) is 10.2 Å². The highest BCUT2D eigenvalue weighted by Gasteiger charge is 2.24. The minimum Gasteiger partial charge on any atom is -0.493 e. The Bertz CT molecular complexity index is 1140. The van der Waals surface area contributed by atoms with Gasteiger partial charge in [-0.05, 0) is 24.3 Å². The second kappa shape index (κ2) is 7.35. The molecule has 0 atom stereocenters. The molecular weight excluding hydrogens is 378 g/mol. The summed E-state index contributed by atoms with van der Waals surface area (Å²) in [7, 11) is 4.70. The second-order valence-corrected chi connectivity index (χ2v) is 7.28. The lowest BCUT2D eigenvalue weighted by Crippen LogP contribution is -1.98. The van der Waals surface area contributed by atoms with Gasteiger partial charge in [-0.25, -0.2) is 0 Å². The fourth-order valence-corrected chi connectivity index (χ4v) is 4.88. The molecule has 6 nitrogen and oxygen atoms in total. The Hall–Kier alpha value is -2.74. The maximum absolute atomic E-state index is 10.1. The molecule has 4 rings (SSSR count). The fraction of sp³-hybridized carbons (Fsp3) is 0.238. The maximum Gasteiger partial charge on any atom is 0.203 e. The van der Waals surface area contributed by atoms with Crippen molar-refractivity contribution in [3.63, 3.8) is 0 Å². The zero-order valence-corrected chi connectivity index (χ0v) is 16.7. The summed E-state index contributed by atoms with van der Waals surface area (Å²) >= 11 is 1.59. The summed E-state index contributed by atoms with van der Waals surface area (Å²) in [6, 6.07) is 11.8. The molecule has 0 saturated heterocycles. The smallest absolute Gasteiger partial charge is 0.203 e. The molecule has 28 heavy (non-hydrogen) atoms. The van der Waals surface area contributed by atoms with E-state index in [1.54, 1.807) is 32.7 Å². The van der Waals surface area contributed by atoms with Crippen LogP contribution in [0.4, 0.5) is 0 Å². The topological polar surface area (TPSA) is 72.6 Å². The molecule has 0 spiro atoms. The SMILES string of the molecule is COc1cc(-c2c(CO)c(CO)c3sc4ccccc4n23)cc(OC)c1OC. The van der Waals surface area contributed by atoms with Crippen molar-refractivity contribution in [2.75, 3.05) is 21.3 Å². The van der Waals surface area contributed by atoms with Crippen molar-refractivity contribution in [2.45, 2.75) is 13.2 Å². The number of ether oxygens (including phenoxy) is 3. The van der Waals surface area contributed by atoms with Gasteiger partial charge in [0, 0.05) is 16.7 Å². The summed E-state index contributed by atoms with van der Waals surface area (Å²) in [5, 5.41) is 20.2. The second-order valence-electron chi connectivity index (χ2n) is 6.25. The molecule has 0 aliphatic heterocycles. The molecule has 7 heteroatoms. The third kappa shape index (κ3) is 2.63. The minimum absolute atomic E-state index is 0.156. The van der Waals surface area contributed by atoms with Crippen molar-refractivity contribution in [1.82, 2.24) is 4.40 Å². The van der Waals surface area contributed by atoms with Gasteiger partial charge in [-0.15, -0.1) is 11.3 Å². The number of benzene rings is 2. The summed E-state index contributed by atoms with van der Waals surface area (Å²) in [6.07, 6.45) is 0. The lowest BCUT2D eigenvalue weighted by molar-refractivity contribution is 0.262. The van der Waals surface area contributed by atoms with Crippen molar-refractivity contribution < 1.29 is 24.4 Å². The molecule has 2 aromatic carbocycles. The van der Waals surface area contributed by atoms with E-state index in [-0.39, 0.29) is 13.2 Å². The highest BCUT2D eigenvalue weighted by Crippen LogP contribution is 2.45. The summed E-state index contributed by atoms with van der Waals surface area (Å²) < 4.78 is 19.6. The molecule has 0 unspecified atom stereocenters. The number of rotatable bonds is 6. The number of hydrogen-bond donors (Lipinski definition) is 2. The minimum atomic E-state index is -0.190. The molecule has 0 bridgehead atoms. The predicted molar refractivity (Wildman–Crippen MR) is 110 cm³/mol. The van der Waals surface area contributed by atoms with Crippen molar-refractivity contribution in [2.24, 2.45) is 0 Å². The molecule has 2 heterocycles. The van der Waals surface area contributed by atoms with E-state index in [0.29, 0.717) is 22.8 Å². The molecule has 0 amide bonds. The number of aliphatic hydroxyl groups excluding tert-OH is 2. The lowest BCUT2D eigenvalue weighted by Gasteiger charge is -2.15. The standard InChI is InChI=1S/C21H21NO5S/c1-25-16-8-12(9-17(26-2)20(16)27-3)19-13(10-23)14(11-24)21-22(19)15-6-4-5-7-18(15)28-21/h4-9,23-24H,10-11H2,1-3H3. The first-order valence-electron chi connectivity index (χ1n) is 8.74. The summed E-state index contributed by atoms with van der Waals surface area (Å²) in [6.45, 7) is -0.346. The van der Waals surface area contributed by atoms with Crippen LogP contribution >= 0.6 is 11.3 Å². The zero-order valence-electron chi connectivity index (χ0n) is 15.9. The summed E-state index contributed by atoms with van der Waals surface area (Å²) in [4.78, 5) is 0.913. The van der Waals surface area contributed by atoms with E-state index in [1.807, 2.05) is 36.4 Å². The number of nitrogens with zero attached hydrogens (tertiary/aromatic N) is 1. The van der Waals surface area contributed by atoms with Gasteiger partial charge in [0.05, 0.1) is 50.5 Å². The molecule has 2 N–H and O–H groups in total. The van der Waals surface area contributed by atoms with Gasteiger partial charge in [-0.2, -0.15) is 0 Å². The highest BCUT2D eigenvalue weighted by atomic mass is 32.1. The zero-order chi connectivity index (χ0) is 19.8. The Balaban J connectivity index is 2.14. The van der Waals surface area contributed by atoms with Crippen LogP contribution in [0.1, 0.15) is 11.1 Å². The highest BCUT2D eigenvalue weighted by molar-refractivity contribution is 7.24. The van der Waals surface area contributed by atoms with Gasteiger partial charge in [0.15, 0.2) is 11.5 Å². The van der Waals surface area contributed by atoms with Crippen LogP contribution in [0.2, 0.25) is 0 Å². The Labute approximate surface area is 166 Å². The molecular formula is C21H21NO5S. The van der Waals surface area contributed by atoms with E-state index in [4.69, 9.17) is 14.2 Å². The van der Waals surface area contributed by atoms with Crippen molar-refractivity contribution in [3.05, 3.63) is 47.5 Å². The Kier molecular flexibility index (Phi) is 4.89. The van der Waals surface area contributed by atoms with Crippen molar-refractivity contribution in [3.8, 4) is 28.5 Å². The largest absolute Gasteiger partial charge is 0.493 e. The van der Waals surface area contributed by atoms with E-state index in [2.05, 4.69) is 4.40 Å². The van der Waals surface area contributed by atoms with Crippen LogP contribution in [0.15, 0.2) is 36.4 Å². The monoisotopic (exact) mass is 399 g/mol. The fourth-order valence-electron chi connectivity index (χ4n) is 3.67. The van der Waals surface area contributed by atoms with Gasteiger partial charge < -0.3 is 24.4 Å². The third-order valence-electron chi connectivity index (χ3n) is 4.90. The number of thiazole rings is 1. The molecule has 0 radical (unpaired) electrons. The number of aliphatic hydroxyl groups is 2. The van der Waals surface area contributed by atoms with E-state index >= 15 is 0 Å². The number of methoxy groups -OCH3 is 3. The number of hydrogen-bond acceptors (Lipinski definition) is 6. The first kappa shape index (κ1) is 18.6. The normalized spacial score (nSPS) is 11.3. The summed E-state index contributed by atoms with van der Waals surface area (Å²) in [5.74, 6) is 1.56. The van der Waals surface area contributed by atoms with Gasteiger partial charge in [0.25, 0.3) is 0 Å². The third-order valence-corrected chi connectivity index (χ3v) is 6.09. The first-order valence-corrected chi connectivity index (χ1v) is 9.55. The van der Waals surface area contributed by atoms with Gasteiger partial charge in [0.1, 0.15) is 4.83 Å². The quantitative estimate of drug-likeness (QED) is 0.516. The molecule has 0 fully saturated rings. The maximum atomic E-state index is 10.1. The van der Waals surface area contributed by atoms with E-state index in [1.165, 1.54) is 0 Å². The lowest BCUT2D eigenvalue weighted by atomic mass is 10.0. The Morgan fingerprint density at radius 3 is 2.11 bits per heavy atom. The van der Waals surface area contributed by atoms with Crippen LogP contribution in [-0.2, 0) is 13.2 Å². The Morgan fingerprint density at radius 1 is 0.893 bits per heavy atom. The van der Waals surface area contributed by atoms with Crippen molar-refractivity contribution in [1.29, 1.82) is 0 Å². The van der Waals surface area contributed by atoms with Crippen LogP contribution in [-0.4, -0.2) is 35.9 Å². The molecule has 0 saturated carbocycles. The van der Waals surface area contributed by atoms with Gasteiger partial charge >= 0.3 is 0 Å². The average Bonchev–Trinajstić information content (AvgIpc) is 3.25. The molecule has 0 aliphatic rings. The average molecular weight is 399 g/mol. The number of para-hydroxylation sites is 1. The molecule has 4 aromatic rings. The molecule has 2 aromatic heterocycles.